The Balaban J connectivity index is 2.34. The summed E-state index contributed by atoms with van der Waals surface area (Å²) >= 11 is 0. The summed E-state index contributed by atoms with van der Waals surface area (Å²) in [7, 11) is 1.76. The van der Waals surface area contributed by atoms with Gasteiger partial charge in [-0.2, -0.15) is 0 Å². The Morgan fingerprint density at radius 2 is 1.85 bits per heavy atom. The topological polar surface area (TPSA) is 57.2 Å². The molecule has 106 valence electrons. The molecule has 0 aliphatic carbocycles. The summed E-state index contributed by atoms with van der Waals surface area (Å²) in [5.74, 6) is 0.806. The third kappa shape index (κ3) is 2.75. The second kappa shape index (κ2) is 5.92. The molecule has 1 unspecified atom stereocenters. The molecule has 0 aliphatic rings. The minimum Gasteiger partial charge on any atom is -0.494 e. The highest BCUT2D eigenvalue weighted by molar-refractivity contribution is 5.34. The number of nitrogens with two attached hydrogens (primary N) is 1. The zero-order chi connectivity index (χ0) is 14.7. The first-order chi connectivity index (χ1) is 9.54. The zero-order valence-corrected chi connectivity index (χ0v) is 12.1. The van der Waals surface area contributed by atoms with Crippen LogP contribution in [0.15, 0.2) is 41.2 Å². The number of pyridine rings is 1. The van der Waals surface area contributed by atoms with Crippen LogP contribution in [0.5, 0.6) is 5.75 Å². The third-order valence-electron chi connectivity index (χ3n) is 3.47. The second-order valence-electron chi connectivity index (χ2n) is 4.77. The van der Waals surface area contributed by atoms with E-state index >= 15 is 0 Å². The Labute approximate surface area is 118 Å². The van der Waals surface area contributed by atoms with E-state index in [2.05, 4.69) is 0 Å². The maximum Gasteiger partial charge on any atom is 0.255 e. The Hall–Kier alpha value is -2.07. The normalized spacial score (nSPS) is 12.2. The molecule has 1 aromatic carbocycles. The lowest BCUT2D eigenvalue weighted by Gasteiger charge is -2.14. The Morgan fingerprint density at radius 1 is 1.20 bits per heavy atom. The molecule has 4 heteroatoms. The van der Waals surface area contributed by atoms with Gasteiger partial charge in [-0.05, 0) is 43.7 Å². The van der Waals surface area contributed by atoms with Crippen LogP contribution in [-0.2, 0) is 7.05 Å². The van der Waals surface area contributed by atoms with Crippen LogP contribution in [0.3, 0.4) is 0 Å². The number of aromatic nitrogens is 1. The number of ether oxygens (including phenoxy) is 1. The molecule has 2 N–H and O–H groups in total. The number of rotatable bonds is 4. The highest BCUT2D eigenvalue weighted by atomic mass is 16.5. The van der Waals surface area contributed by atoms with Crippen LogP contribution in [-0.4, -0.2) is 11.2 Å². The zero-order valence-electron chi connectivity index (χ0n) is 12.1. The molecule has 2 aromatic rings. The van der Waals surface area contributed by atoms with E-state index in [9.17, 15) is 4.79 Å². The van der Waals surface area contributed by atoms with E-state index in [0.29, 0.717) is 12.2 Å². The van der Waals surface area contributed by atoms with E-state index < -0.39 is 6.04 Å². The van der Waals surface area contributed by atoms with Crippen LogP contribution in [0.2, 0.25) is 0 Å². The minimum absolute atomic E-state index is 0.0496. The fourth-order valence-electron chi connectivity index (χ4n) is 2.10. The standard InChI is InChI=1S/C16H20N2O2/c1-4-20-13-8-6-12(7-9-13)15(17)14-10-5-11(2)18(3)16(14)19/h5-10,15H,4,17H2,1-3H3. The molecular weight excluding hydrogens is 252 g/mol. The predicted molar refractivity (Wildman–Crippen MR) is 80.1 cm³/mol. The van der Waals surface area contributed by atoms with Crippen LogP contribution in [0.25, 0.3) is 0 Å². The van der Waals surface area contributed by atoms with Gasteiger partial charge in [0.25, 0.3) is 5.56 Å². The largest absolute Gasteiger partial charge is 0.494 e. The van der Waals surface area contributed by atoms with Crippen molar-refractivity contribution in [1.29, 1.82) is 0 Å². The first kappa shape index (κ1) is 14.3. The summed E-state index contributed by atoms with van der Waals surface area (Å²) in [5, 5.41) is 0. The summed E-state index contributed by atoms with van der Waals surface area (Å²) < 4.78 is 7.01. The van der Waals surface area contributed by atoms with Crippen molar-refractivity contribution in [3.8, 4) is 5.75 Å². The molecule has 0 fully saturated rings. The van der Waals surface area contributed by atoms with Gasteiger partial charge in [0.1, 0.15) is 5.75 Å². The summed E-state index contributed by atoms with van der Waals surface area (Å²) in [4.78, 5) is 12.2. The highest BCUT2D eigenvalue weighted by Gasteiger charge is 2.14. The molecule has 0 saturated heterocycles. The maximum atomic E-state index is 12.2. The molecule has 1 heterocycles. The lowest BCUT2D eigenvalue weighted by atomic mass is 10.0. The third-order valence-corrected chi connectivity index (χ3v) is 3.47. The number of aryl methyl sites for hydroxylation is 1. The molecule has 4 nitrogen and oxygen atoms in total. The smallest absolute Gasteiger partial charge is 0.255 e. The first-order valence-electron chi connectivity index (χ1n) is 6.69. The minimum atomic E-state index is -0.426. The van der Waals surface area contributed by atoms with Gasteiger partial charge in [0.05, 0.1) is 12.6 Å². The van der Waals surface area contributed by atoms with Gasteiger partial charge >= 0.3 is 0 Å². The molecule has 0 bridgehead atoms. The Morgan fingerprint density at radius 3 is 2.45 bits per heavy atom. The van der Waals surface area contributed by atoms with Crippen LogP contribution in [0.1, 0.15) is 29.8 Å². The SMILES string of the molecule is CCOc1ccc(C(N)c2ccc(C)n(C)c2=O)cc1. The van der Waals surface area contributed by atoms with Gasteiger partial charge in [0.15, 0.2) is 0 Å². The molecule has 0 saturated carbocycles. The summed E-state index contributed by atoms with van der Waals surface area (Å²) in [6.07, 6.45) is 0. The number of hydrogen-bond donors (Lipinski definition) is 1. The molecule has 1 aromatic heterocycles. The lowest BCUT2D eigenvalue weighted by Crippen LogP contribution is -2.28. The Bertz CT molecular complexity index is 645. The molecule has 20 heavy (non-hydrogen) atoms. The number of benzene rings is 1. The van der Waals surface area contributed by atoms with Crippen LogP contribution < -0.4 is 16.0 Å². The quantitative estimate of drug-likeness (QED) is 0.927. The molecule has 0 radical (unpaired) electrons. The van der Waals surface area contributed by atoms with Crippen LogP contribution in [0.4, 0.5) is 0 Å². The van der Waals surface area contributed by atoms with E-state index in [4.69, 9.17) is 10.5 Å². The van der Waals surface area contributed by atoms with Crippen molar-refractivity contribution >= 4 is 0 Å². The number of nitrogens with zero attached hydrogens (tertiary/aromatic N) is 1. The van der Waals surface area contributed by atoms with Crippen molar-refractivity contribution in [2.24, 2.45) is 12.8 Å². The van der Waals surface area contributed by atoms with Crippen molar-refractivity contribution < 1.29 is 4.74 Å². The van der Waals surface area contributed by atoms with E-state index in [1.54, 1.807) is 17.7 Å². The summed E-state index contributed by atoms with van der Waals surface area (Å²) in [5.41, 5.74) is 8.57. The van der Waals surface area contributed by atoms with Crippen molar-refractivity contribution in [1.82, 2.24) is 4.57 Å². The van der Waals surface area contributed by atoms with Gasteiger partial charge in [0.2, 0.25) is 0 Å². The van der Waals surface area contributed by atoms with Crippen molar-refractivity contribution in [3.63, 3.8) is 0 Å². The van der Waals surface area contributed by atoms with E-state index in [0.717, 1.165) is 17.0 Å². The van der Waals surface area contributed by atoms with Crippen molar-refractivity contribution in [3.05, 3.63) is 63.6 Å². The average molecular weight is 272 g/mol. The second-order valence-corrected chi connectivity index (χ2v) is 4.77. The maximum absolute atomic E-state index is 12.2. The average Bonchev–Trinajstić information content (AvgIpc) is 2.45. The van der Waals surface area contributed by atoms with E-state index in [-0.39, 0.29) is 5.56 Å². The lowest BCUT2D eigenvalue weighted by molar-refractivity contribution is 0.340. The summed E-state index contributed by atoms with van der Waals surface area (Å²) in [6, 6.07) is 10.8. The van der Waals surface area contributed by atoms with Crippen molar-refractivity contribution in [2.45, 2.75) is 19.9 Å². The Kier molecular flexibility index (Phi) is 4.25. The fourth-order valence-corrected chi connectivity index (χ4v) is 2.10. The van der Waals surface area contributed by atoms with Crippen LogP contribution >= 0.6 is 0 Å². The van der Waals surface area contributed by atoms with Gasteiger partial charge in [-0.1, -0.05) is 12.1 Å². The van der Waals surface area contributed by atoms with Gasteiger partial charge < -0.3 is 15.0 Å². The fraction of sp³-hybridized carbons (Fsp3) is 0.312. The van der Waals surface area contributed by atoms with Gasteiger partial charge in [-0.25, -0.2) is 0 Å². The highest BCUT2D eigenvalue weighted by Crippen LogP contribution is 2.20. The summed E-state index contributed by atoms with van der Waals surface area (Å²) in [6.45, 7) is 4.47. The molecule has 0 amide bonds. The molecule has 2 rings (SSSR count). The molecule has 0 spiro atoms. The van der Waals surface area contributed by atoms with Gasteiger partial charge in [-0.15, -0.1) is 0 Å². The van der Waals surface area contributed by atoms with Crippen LogP contribution in [0, 0.1) is 6.92 Å². The van der Waals surface area contributed by atoms with Gasteiger partial charge in [0, 0.05) is 18.3 Å². The van der Waals surface area contributed by atoms with Crippen molar-refractivity contribution in [2.75, 3.05) is 6.61 Å². The molecule has 0 aliphatic heterocycles. The van der Waals surface area contributed by atoms with E-state index in [1.807, 2.05) is 44.2 Å². The molecular formula is C16H20N2O2. The number of hydrogen-bond acceptors (Lipinski definition) is 3. The van der Waals surface area contributed by atoms with Gasteiger partial charge in [-0.3, -0.25) is 4.79 Å². The predicted octanol–water partition coefficient (Wildman–Crippen LogP) is 2.14. The molecule has 1 atom stereocenters. The van der Waals surface area contributed by atoms with E-state index in [1.165, 1.54) is 0 Å². The monoisotopic (exact) mass is 272 g/mol. The first-order valence-corrected chi connectivity index (χ1v) is 6.69.